The molecular formula is C22H34N2O3S. The molecule has 2 fully saturated rings. The van der Waals surface area contributed by atoms with Crippen molar-refractivity contribution < 1.29 is 13.2 Å². The van der Waals surface area contributed by atoms with E-state index >= 15 is 0 Å². The SMILES string of the molecule is CC1CCC(NS(=O)(=O)CC(=O)N(C)C2CCC(c3ccccc3)CC2)CC1. The molecule has 0 saturated heterocycles. The van der Waals surface area contributed by atoms with Crippen LogP contribution in [0.1, 0.15) is 69.8 Å². The summed E-state index contributed by atoms with van der Waals surface area (Å²) in [6.45, 7) is 2.20. The van der Waals surface area contributed by atoms with Crippen molar-refractivity contribution in [3.63, 3.8) is 0 Å². The van der Waals surface area contributed by atoms with Gasteiger partial charge in [-0.05, 0) is 68.8 Å². The number of carbonyl (C=O) groups excluding carboxylic acids is 1. The van der Waals surface area contributed by atoms with Crippen LogP contribution in [-0.4, -0.2) is 44.1 Å². The zero-order chi connectivity index (χ0) is 20.1. The van der Waals surface area contributed by atoms with Gasteiger partial charge < -0.3 is 4.90 Å². The van der Waals surface area contributed by atoms with Crippen LogP contribution in [-0.2, 0) is 14.8 Å². The number of rotatable bonds is 6. The summed E-state index contributed by atoms with van der Waals surface area (Å²) in [7, 11) is -1.82. The van der Waals surface area contributed by atoms with E-state index in [9.17, 15) is 13.2 Å². The van der Waals surface area contributed by atoms with E-state index in [0.29, 0.717) is 11.8 Å². The third-order valence-corrected chi connectivity index (χ3v) is 7.90. The Kier molecular flexibility index (Phi) is 7.15. The second kappa shape index (κ2) is 9.40. The van der Waals surface area contributed by atoms with Crippen molar-refractivity contribution in [1.29, 1.82) is 0 Å². The number of sulfonamides is 1. The Morgan fingerprint density at radius 1 is 1.00 bits per heavy atom. The van der Waals surface area contributed by atoms with E-state index in [-0.39, 0.29) is 18.0 Å². The number of benzene rings is 1. The van der Waals surface area contributed by atoms with Gasteiger partial charge in [0.15, 0.2) is 0 Å². The molecule has 1 N–H and O–H groups in total. The maximum absolute atomic E-state index is 12.6. The van der Waals surface area contributed by atoms with E-state index in [1.54, 1.807) is 11.9 Å². The lowest BCUT2D eigenvalue weighted by Gasteiger charge is -2.35. The van der Waals surface area contributed by atoms with Gasteiger partial charge in [0.05, 0.1) is 0 Å². The minimum absolute atomic E-state index is 0.0133. The fourth-order valence-corrected chi connectivity index (χ4v) is 6.02. The zero-order valence-electron chi connectivity index (χ0n) is 17.1. The monoisotopic (exact) mass is 406 g/mol. The van der Waals surface area contributed by atoms with Crippen molar-refractivity contribution in [3.8, 4) is 0 Å². The average molecular weight is 407 g/mol. The summed E-state index contributed by atoms with van der Waals surface area (Å²) in [5, 5.41) is 0. The largest absolute Gasteiger partial charge is 0.342 e. The van der Waals surface area contributed by atoms with E-state index < -0.39 is 15.8 Å². The maximum atomic E-state index is 12.6. The van der Waals surface area contributed by atoms with E-state index in [1.807, 2.05) is 6.07 Å². The number of nitrogens with zero attached hydrogens (tertiary/aromatic N) is 1. The highest BCUT2D eigenvalue weighted by Crippen LogP contribution is 2.34. The average Bonchev–Trinajstić information content (AvgIpc) is 2.69. The number of carbonyl (C=O) groups is 1. The van der Waals surface area contributed by atoms with Gasteiger partial charge in [-0.15, -0.1) is 0 Å². The Bertz CT molecular complexity index is 734. The Labute approximate surface area is 169 Å². The third kappa shape index (κ3) is 5.80. The Balaban J connectivity index is 1.47. The predicted octanol–water partition coefficient (Wildman–Crippen LogP) is 3.67. The highest BCUT2D eigenvalue weighted by Gasteiger charge is 2.30. The van der Waals surface area contributed by atoms with E-state index in [1.165, 1.54) is 5.56 Å². The van der Waals surface area contributed by atoms with Gasteiger partial charge in [0, 0.05) is 19.1 Å². The zero-order valence-corrected chi connectivity index (χ0v) is 18.0. The lowest BCUT2D eigenvalue weighted by Crippen LogP contribution is -2.46. The maximum Gasteiger partial charge on any atom is 0.239 e. The lowest BCUT2D eigenvalue weighted by molar-refractivity contribution is -0.129. The molecule has 28 heavy (non-hydrogen) atoms. The van der Waals surface area contributed by atoms with Gasteiger partial charge in [-0.3, -0.25) is 4.79 Å². The highest BCUT2D eigenvalue weighted by molar-refractivity contribution is 7.90. The lowest BCUT2D eigenvalue weighted by atomic mass is 9.81. The third-order valence-electron chi connectivity index (χ3n) is 6.58. The Hall–Kier alpha value is -1.40. The molecule has 0 bridgehead atoms. The normalized spacial score (nSPS) is 28.6. The molecule has 1 amide bonds. The van der Waals surface area contributed by atoms with Crippen molar-refractivity contribution in [3.05, 3.63) is 35.9 Å². The molecule has 0 unspecified atom stereocenters. The molecule has 2 aliphatic rings. The topological polar surface area (TPSA) is 66.5 Å². The van der Waals surface area contributed by atoms with Crippen LogP contribution in [0, 0.1) is 5.92 Å². The van der Waals surface area contributed by atoms with Crippen molar-refractivity contribution in [1.82, 2.24) is 9.62 Å². The van der Waals surface area contributed by atoms with Crippen molar-refractivity contribution in [2.75, 3.05) is 12.8 Å². The molecule has 2 saturated carbocycles. The standard InChI is InChI=1S/C22H34N2O3S/c1-17-8-12-20(13-9-17)23-28(26,27)16-22(25)24(2)21-14-10-19(11-15-21)18-6-4-3-5-7-18/h3-7,17,19-21,23H,8-16H2,1-2H3. The molecular weight excluding hydrogens is 372 g/mol. The summed E-state index contributed by atoms with van der Waals surface area (Å²) < 4.78 is 27.7. The molecule has 0 atom stereocenters. The van der Waals surface area contributed by atoms with Crippen LogP contribution in [0.15, 0.2) is 30.3 Å². The van der Waals surface area contributed by atoms with Crippen LogP contribution in [0.3, 0.4) is 0 Å². The molecule has 3 rings (SSSR count). The van der Waals surface area contributed by atoms with Crippen LogP contribution in [0.4, 0.5) is 0 Å². The van der Waals surface area contributed by atoms with Crippen molar-refractivity contribution in [2.45, 2.75) is 76.3 Å². The minimum Gasteiger partial charge on any atom is -0.342 e. The van der Waals surface area contributed by atoms with Crippen molar-refractivity contribution in [2.24, 2.45) is 5.92 Å². The molecule has 0 aliphatic heterocycles. The molecule has 0 spiro atoms. The van der Waals surface area contributed by atoms with Gasteiger partial charge in [-0.1, -0.05) is 37.3 Å². The first-order chi connectivity index (χ1) is 13.3. The molecule has 6 heteroatoms. The van der Waals surface area contributed by atoms with E-state index in [4.69, 9.17) is 0 Å². The molecule has 0 heterocycles. The van der Waals surface area contributed by atoms with Crippen LogP contribution in [0.2, 0.25) is 0 Å². The van der Waals surface area contributed by atoms with E-state index in [2.05, 4.69) is 35.9 Å². The molecule has 156 valence electrons. The molecule has 1 aromatic rings. The first kappa shape index (κ1) is 21.3. The van der Waals surface area contributed by atoms with Crippen LogP contribution in [0.5, 0.6) is 0 Å². The molecule has 1 aromatic carbocycles. The summed E-state index contributed by atoms with van der Waals surface area (Å²) in [4.78, 5) is 14.3. The van der Waals surface area contributed by atoms with Gasteiger partial charge in [0.1, 0.15) is 5.75 Å². The van der Waals surface area contributed by atoms with Crippen LogP contribution >= 0.6 is 0 Å². The van der Waals surface area contributed by atoms with Gasteiger partial charge in [-0.25, -0.2) is 13.1 Å². The first-order valence-corrected chi connectivity index (χ1v) is 12.3. The molecule has 0 radical (unpaired) electrons. The first-order valence-electron chi connectivity index (χ1n) is 10.6. The minimum atomic E-state index is -3.58. The van der Waals surface area contributed by atoms with Gasteiger partial charge in [0.25, 0.3) is 0 Å². The van der Waals surface area contributed by atoms with Gasteiger partial charge in [-0.2, -0.15) is 0 Å². The van der Waals surface area contributed by atoms with Gasteiger partial charge in [0.2, 0.25) is 15.9 Å². The number of amides is 1. The fraction of sp³-hybridized carbons (Fsp3) is 0.682. The molecule has 2 aliphatic carbocycles. The fourth-order valence-electron chi connectivity index (χ4n) is 4.66. The predicted molar refractivity (Wildman–Crippen MR) is 113 cm³/mol. The number of hydrogen-bond donors (Lipinski definition) is 1. The second-order valence-corrected chi connectivity index (χ2v) is 10.5. The molecule has 5 nitrogen and oxygen atoms in total. The van der Waals surface area contributed by atoms with E-state index in [0.717, 1.165) is 51.4 Å². The van der Waals surface area contributed by atoms with Crippen LogP contribution < -0.4 is 4.72 Å². The Morgan fingerprint density at radius 3 is 2.21 bits per heavy atom. The summed E-state index contributed by atoms with van der Waals surface area (Å²) in [5.74, 6) is 0.480. The quantitative estimate of drug-likeness (QED) is 0.784. The van der Waals surface area contributed by atoms with Crippen LogP contribution in [0.25, 0.3) is 0 Å². The second-order valence-electron chi connectivity index (χ2n) is 8.75. The smallest absolute Gasteiger partial charge is 0.239 e. The Morgan fingerprint density at radius 2 is 1.61 bits per heavy atom. The summed E-state index contributed by atoms with van der Waals surface area (Å²) in [6, 6.07) is 10.6. The highest BCUT2D eigenvalue weighted by atomic mass is 32.2. The summed E-state index contributed by atoms with van der Waals surface area (Å²) >= 11 is 0. The molecule has 0 aromatic heterocycles. The summed E-state index contributed by atoms with van der Waals surface area (Å²) in [6.07, 6.45) is 7.76. The summed E-state index contributed by atoms with van der Waals surface area (Å²) in [5.41, 5.74) is 1.36. The number of hydrogen-bond acceptors (Lipinski definition) is 3. The van der Waals surface area contributed by atoms with Crippen molar-refractivity contribution >= 4 is 15.9 Å². The number of nitrogens with one attached hydrogen (secondary N) is 1. The van der Waals surface area contributed by atoms with Gasteiger partial charge >= 0.3 is 0 Å².